The summed E-state index contributed by atoms with van der Waals surface area (Å²) < 4.78 is 24.5. The van der Waals surface area contributed by atoms with Gasteiger partial charge in [0.1, 0.15) is 5.78 Å². The van der Waals surface area contributed by atoms with Gasteiger partial charge >= 0.3 is 0 Å². The van der Waals surface area contributed by atoms with E-state index in [1.165, 1.54) is 0 Å². The minimum Gasteiger partial charge on any atom is -0.384 e. The number of Topliss-reactive ketones (excluding diaryl/α,β-unsaturated/α-hetero) is 1. The van der Waals surface area contributed by atoms with Crippen molar-refractivity contribution < 1.29 is 23.7 Å². The fraction of sp³-hybridized carbons (Fsp3) is 0.960. The van der Waals surface area contributed by atoms with Gasteiger partial charge in [0.15, 0.2) is 0 Å². The van der Waals surface area contributed by atoms with Gasteiger partial charge in [-0.3, -0.25) is 9.69 Å². The molecule has 6 rings (SSSR count). The summed E-state index contributed by atoms with van der Waals surface area (Å²) in [6.07, 6.45) is 5.32. The molecular formula is C25H39NO5. The van der Waals surface area contributed by atoms with Crippen LogP contribution in [0.2, 0.25) is 0 Å². The first-order valence-electron chi connectivity index (χ1n) is 12.3. The van der Waals surface area contributed by atoms with Crippen LogP contribution in [0.25, 0.3) is 0 Å². The Kier molecular flexibility index (Phi) is 4.58. The van der Waals surface area contributed by atoms with Crippen LogP contribution in [-0.2, 0) is 23.7 Å². The van der Waals surface area contributed by atoms with Gasteiger partial charge < -0.3 is 18.9 Å². The first-order valence-corrected chi connectivity index (χ1v) is 12.3. The molecule has 0 amide bonds. The molecule has 11 atom stereocenters. The monoisotopic (exact) mass is 433 g/mol. The molecule has 1 aliphatic heterocycles. The number of carbonyl (C=O) groups excluding carboxylic acids is 1. The normalized spacial score (nSPS) is 56.9. The summed E-state index contributed by atoms with van der Waals surface area (Å²) in [5.74, 6) is 1.83. The van der Waals surface area contributed by atoms with E-state index < -0.39 is 0 Å². The number of methoxy groups -OCH3 is 4. The third-order valence-corrected chi connectivity index (χ3v) is 11.1. The molecule has 6 aliphatic rings. The third-order valence-electron chi connectivity index (χ3n) is 11.1. The molecule has 5 aliphatic carbocycles. The van der Waals surface area contributed by atoms with Crippen molar-refractivity contribution in [2.24, 2.45) is 39.9 Å². The lowest BCUT2D eigenvalue weighted by atomic mass is 9.40. The zero-order valence-corrected chi connectivity index (χ0v) is 19.8. The van der Waals surface area contributed by atoms with Gasteiger partial charge in [-0.25, -0.2) is 0 Å². The molecule has 1 saturated heterocycles. The van der Waals surface area contributed by atoms with Gasteiger partial charge in [0.05, 0.1) is 24.9 Å². The number of hydrogen-bond acceptors (Lipinski definition) is 6. The third kappa shape index (κ3) is 2.12. The highest BCUT2D eigenvalue weighted by Crippen LogP contribution is 2.81. The zero-order chi connectivity index (χ0) is 21.8. The molecule has 1 heterocycles. The molecule has 6 fully saturated rings. The maximum atomic E-state index is 14.2. The predicted molar refractivity (Wildman–Crippen MR) is 115 cm³/mol. The van der Waals surface area contributed by atoms with Crippen LogP contribution in [0.4, 0.5) is 0 Å². The summed E-state index contributed by atoms with van der Waals surface area (Å²) in [7, 11) is 7.41. The summed E-state index contributed by atoms with van der Waals surface area (Å²) in [4.78, 5) is 16.9. The Labute approximate surface area is 186 Å². The second kappa shape index (κ2) is 6.75. The number of fused-ring (bicyclic) bond motifs is 1. The Morgan fingerprint density at radius 2 is 1.94 bits per heavy atom. The number of likely N-dealkylation sites (tertiary alicyclic amines) is 1. The topological polar surface area (TPSA) is 57.2 Å². The van der Waals surface area contributed by atoms with Crippen LogP contribution in [0.1, 0.15) is 39.0 Å². The molecule has 0 radical (unpaired) electrons. The summed E-state index contributed by atoms with van der Waals surface area (Å²) in [5.41, 5.74) is -0.269. The van der Waals surface area contributed by atoms with Crippen LogP contribution in [0, 0.1) is 39.9 Å². The Balaban J connectivity index is 1.62. The first-order chi connectivity index (χ1) is 15.0. The molecule has 2 spiro atoms. The van der Waals surface area contributed by atoms with E-state index in [9.17, 15) is 4.79 Å². The number of rotatable bonds is 6. The average molecular weight is 434 g/mol. The summed E-state index contributed by atoms with van der Waals surface area (Å²) in [6.45, 7) is 4.95. The molecule has 0 aromatic rings. The van der Waals surface area contributed by atoms with Crippen molar-refractivity contribution >= 4 is 5.78 Å². The Morgan fingerprint density at radius 1 is 1.13 bits per heavy atom. The van der Waals surface area contributed by atoms with E-state index in [1.54, 1.807) is 7.11 Å². The second-order valence-corrected chi connectivity index (χ2v) is 11.5. The molecule has 7 bridgehead atoms. The molecule has 0 N–H and O–H groups in total. The maximum Gasteiger partial charge on any atom is 0.138 e. The molecular weight excluding hydrogens is 394 g/mol. The zero-order valence-electron chi connectivity index (χ0n) is 19.8. The van der Waals surface area contributed by atoms with Gasteiger partial charge in [0.25, 0.3) is 0 Å². The van der Waals surface area contributed by atoms with Gasteiger partial charge in [-0.15, -0.1) is 0 Å². The SMILES string of the molecule is CCN1C[C@]2(COC)CC[C@H](OC)[C@]34C1[C@@]1(CC(=O)[C@H]23)C[C@H](OC)[C@H]2C[C@@H]4[C@@H]1[C@H]2OC. The van der Waals surface area contributed by atoms with Crippen molar-refractivity contribution in [3.05, 3.63) is 0 Å². The fourth-order valence-corrected chi connectivity index (χ4v) is 11.0. The summed E-state index contributed by atoms with van der Waals surface area (Å²) in [6, 6.07) is 0.370. The minimum atomic E-state index is -0.121. The van der Waals surface area contributed by atoms with Gasteiger partial charge in [-0.05, 0) is 44.1 Å². The molecule has 174 valence electrons. The van der Waals surface area contributed by atoms with E-state index in [1.807, 2.05) is 21.3 Å². The number of ketones is 1. The maximum absolute atomic E-state index is 14.2. The Bertz CT molecular complexity index is 775. The number of ether oxygens (including phenoxy) is 4. The van der Waals surface area contributed by atoms with Crippen LogP contribution in [-0.4, -0.2) is 83.2 Å². The molecule has 5 saturated carbocycles. The van der Waals surface area contributed by atoms with Gasteiger partial charge in [-0.1, -0.05) is 6.92 Å². The van der Waals surface area contributed by atoms with Crippen molar-refractivity contribution in [2.75, 3.05) is 48.1 Å². The van der Waals surface area contributed by atoms with Crippen molar-refractivity contribution in [1.29, 1.82) is 0 Å². The summed E-state index contributed by atoms with van der Waals surface area (Å²) in [5, 5.41) is 0. The highest BCUT2D eigenvalue weighted by molar-refractivity contribution is 5.87. The van der Waals surface area contributed by atoms with Crippen LogP contribution >= 0.6 is 0 Å². The van der Waals surface area contributed by atoms with E-state index >= 15 is 0 Å². The van der Waals surface area contributed by atoms with Gasteiger partial charge in [0.2, 0.25) is 0 Å². The molecule has 6 nitrogen and oxygen atoms in total. The van der Waals surface area contributed by atoms with Crippen molar-refractivity contribution in [3.63, 3.8) is 0 Å². The van der Waals surface area contributed by atoms with Crippen molar-refractivity contribution in [3.8, 4) is 0 Å². The number of carbonyl (C=O) groups is 1. The minimum absolute atomic E-state index is 0.0462. The lowest BCUT2D eigenvalue weighted by Gasteiger charge is -2.71. The largest absolute Gasteiger partial charge is 0.384 e. The van der Waals surface area contributed by atoms with E-state index in [-0.39, 0.29) is 40.5 Å². The van der Waals surface area contributed by atoms with Crippen LogP contribution in [0.5, 0.6) is 0 Å². The van der Waals surface area contributed by atoms with Crippen LogP contribution < -0.4 is 0 Å². The van der Waals surface area contributed by atoms with Gasteiger partial charge in [-0.2, -0.15) is 0 Å². The first kappa shape index (κ1) is 21.0. The number of hydrogen-bond donors (Lipinski definition) is 0. The van der Waals surface area contributed by atoms with E-state index in [0.29, 0.717) is 42.6 Å². The highest BCUT2D eigenvalue weighted by atomic mass is 16.5. The average Bonchev–Trinajstić information content (AvgIpc) is 3.17. The highest BCUT2D eigenvalue weighted by Gasteiger charge is 2.86. The van der Waals surface area contributed by atoms with Crippen LogP contribution in [0.15, 0.2) is 0 Å². The van der Waals surface area contributed by atoms with Crippen molar-refractivity contribution in [1.82, 2.24) is 4.90 Å². The Hall–Kier alpha value is -0.530. The predicted octanol–water partition coefficient (Wildman–Crippen LogP) is 2.39. The van der Waals surface area contributed by atoms with Crippen molar-refractivity contribution in [2.45, 2.75) is 63.4 Å². The molecule has 6 heteroatoms. The van der Waals surface area contributed by atoms with E-state index in [4.69, 9.17) is 18.9 Å². The van der Waals surface area contributed by atoms with E-state index in [2.05, 4.69) is 11.8 Å². The lowest BCUT2D eigenvalue weighted by molar-refractivity contribution is -0.258. The summed E-state index contributed by atoms with van der Waals surface area (Å²) >= 11 is 0. The molecule has 31 heavy (non-hydrogen) atoms. The standard InChI is InChI=1S/C25H39NO5/c1-6-26-12-23(13-28-2)8-7-18(30-4)25-15-9-14-17(29-3)11-24(22(25)26,10-16(27)21(23)25)19(15)20(14)31-5/h14-15,17-22H,6-13H2,1-5H3/t14-,15-,17+,18+,19-,20+,21-,22?,23+,24+,25+/m1/s1. The number of nitrogens with zero attached hydrogens (tertiary/aromatic N) is 1. The smallest absolute Gasteiger partial charge is 0.138 e. The second-order valence-electron chi connectivity index (χ2n) is 11.5. The quantitative estimate of drug-likeness (QED) is 0.641. The Morgan fingerprint density at radius 3 is 2.58 bits per heavy atom. The van der Waals surface area contributed by atoms with Crippen LogP contribution in [0.3, 0.4) is 0 Å². The lowest BCUT2D eigenvalue weighted by Crippen LogP contribution is -2.78. The molecule has 0 aromatic heterocycles. The van der Waals surface area contributed by atoms with Gasteiger partial charge in [0, 0.05) is 75.5 Å². The molecule has 0 aromatic carbocycles. The fourth-order valence-electron chi connectivity index (χ4n) is 11.0. The molecule has 1 unspecified atom stereocenters. The van der Waals surface area contributed by atoms with E-state index in [0.717, 1.165) is 38.8 Å². The number of piperidine rings is 1.